The lowest BCUT2D eigenvalue weighted by atomic mass is 10.1. The highest BCUT2D eigenvalue weighted by Gasteiger charge is 2.17. The summed E-state index contributed by atoms with van der Waals surface area (Å²) in [5.74, 6) is 0.423. The van der Waals surface area contributed by atoms with Gasteiger partial charge in [0.05, 0.1) is 13.2 Å². The van der Waals surface area contributed by atoms with Gasteiger partial charge >= 0.3 is 0 Å². The van der Waals surface area contributed by atoms with Gasteiger partial charge in [-0.15, -0.1) is 0 Å². The van der Waals surface area contributed by atoms with Crippen molar-refractivity contribution in [3.63, 3.8) is 0 Å². The van der Waals surface area contributed by atoms with E-state index in [0.29, 0.717) is 11.6 Å². The predicted molar refractivity (Wildman–Crippen MR) is 96.7 cm³/mol. The Morgan fingerprint density at radius 2 is 1.96 bits per heavy atom. The van der Waals surface area contributed by atoms with E-state index in [9.17, 15) is 4.79 Å². The van der Waals surface area contributed by atoms with E-state index in [-0.39, 0.29) is 11.9 Å². The number of aromatic nitrogens is 2. The number of rotatable bonds is 6. The third kappa shape index (κ3) is 5.93. The molecule has 0 spiro atoms. The van der Waals surface area contributed by atoms with E-state index in [1.54, 1.807) is 12.3 Å². The molecule has 1 saturated carbocycles. The number of ether oxygens (including phenoxy) is 1. The third-order valence-electron chi connectivity index (χ3n) is 4.89. The van der Waals surface area contributed by atoms with Crippen molar-refractivity contribution in [2.75, 3.05) is 44.7 Å². The van der Waals surface area contributed by atoms with Crippen LogP contribution in [0.2, 0.25) is 0 Å². The zero-order valence-electron chi connectivity index (χ0n) is 14.9. The van der Waals surface area contributed by atoms with Gasteiger partial charge in [0.1, 0.15) is 5.69 Å². The monoisotopic (exact) mass is 347 g/mol. The van der Waals surface area contributed by atoms with Gasteiger partial charge in [-0.3, -0.25) is 9.69 Å². The molecule has 2 fully saturated rings. The Morgan fingerprint density at radius 3 is 2.72 bits per heavy atom. The second-order valence-corrected chi connectivity index (χ2v) is 6.81. The van der Waals surface area contributed by atoms with Crippen molar-refractivity contribution >= 4 is 11.9 Å². The van der Waals surface area contributed by atoms with Crippen molar-refractivity contribution in [2.45, 2.75) is 44.6 Å². The lowest BCUT2D eigenvalue weighted by molar-refractivity contribution is 0.0398. The molecule has 0 bridgehead atoms. The van der Waals surface area contributed by atoms with Gasteiger partial charge < -0.3 is 15.4 Å². The van der Waals surface area contributed by atoms with Gasteiger partial charge in [-0.25, -0.2) is 9.97 Å². The molecule has 1 amide bonds. The molecule has 1 aliphatic heterocycles. The first-order chi connectivity index (χ1) is 12.3. The number of nitrogens with one attached hydrogen (secondary N) is 2. The van der Waals surface area contributed by atoms with Crippen molar-refractivity contribution in [1.29, 1.82) is 0 Å². The van der Waals surface area contributed by atoms with Crippen LogP contribution in [0.3, 0.4) is 0 Å². The highest BCUT2D eigenvalue weighted by molar-refractivity contribution is 5.92. The highest BCUT2D eigenvalue weighted by atomic mass is 16.5. The molecule has 0 radical (unpaired) electrons. The van der Waals surface area contributed by atoms with Gasteiger partial charge in [0, 0.05) is 38.4 Å². The summed E-state index contributed by atoms with van der Waals surface area (Å²) >= 11 is 0. The lowest BCUT2D eigenvalue weighted by Gasteiger charge is -2.26. The molecule has 25 heavy (non-hydrogen) atoms. The van der Waals surface area contributed by atoms with Crippen LogP contribution in [0.15, 0.2) is 12.3 Å². The van der Waals surface area contributed by atoms with Crippen LogP contribution in [0.1, 0.15) is 49.0 Å². The molecule has 0 aromatic carbocycles. The molecule has 1 aromatic heterocycles. The van der Waals surface area contributed by atoms with E-state index < -0.39 is 0 Å². The molecule has 7 heteroatoms. The fourth-order valence-corrected chi connectivity index (χ4v) is 3.40. The smallest absolute Gasteiger partial charge is 0.270 e. The largest absolute Gasteiger partial charge is 0.379 e. The van der Waals surface area contributed by atoms with Crippen LogP contribution in [0.25, 0.3) is 0 Å². The lowest BCUT2D eigenvalue weighted by Crippen LogP contribution is -2.39. The molecule has 138 valence electrons. The van der Waals surface area contributed by atoms with Gasteiger partial charge in [-0.1, -0.05) is 25.7 Å². The van der Waals surface area contributed by atoms with Gasteiger partial charge in [-0.2, -0.15) is 0 Å². The topological polar surface area (TPSA) is 79.4 Å². The minimum atomic E-state index is -0.0921. The van der Waals surface area contributed by atoms with Crippen LogP contribution < -0.4 is 10.6 Å². The van der Waals surface area contributed by atoms with Crippen LogP contribution in [0.4, 0.5) is 5.95 Å². The molecule has 1 saturated heterocycles. The Balaban J connectivity index is 1.47. The zero-order chi connectivity index (χ0) is 17.3. The van der Waals surface area contributed by atoms with Crippen LogP contribution >= 0.6 is 0 Å². The maximum Gasteiger partial charge on any atom is 0.270 e. The van der Waals surface area contributed by atoms with Crippen molar-refractivity contribution < 1.29 is 9.53 Å². The molecule has 0 unspecified atom stereocenters. The van der Waals surface area contributed by atoms with E-state index in [0.717, 1.165) is 52.2 Å². The number of amides is 1. The average molecular weight is 347 g/mol. The molecular weight excluding hydrogens is 318 g/mol. The summed E-state index contributed by atoms with van der Waals surface area (Å²) in [6.07, 6.45) is 8.73. The Labute approximate surface area is 149 Å². The number of carbonyl (C=O) groups excluding carboxylic acids is 1. The second-order valence-electron chi connectivity index (χ2n) is 6.81. The Hall–Kier alpha value is -1.73. The molecular formula is C18H29N5O2. The minimum absolute atomic E-state index is 0.0921. The first-order valence-corrected chi connectivity index (χ1v) is 9.49. The molecule has 2 N–H and O–H groups in total. The van der Waals surface area contributed by atoms with Crippen molar-refractivity contribution in [3.05, 3.63) is 18.0 Å². The van der Waals surface area contributed by atoms with Gasteiger partial charge in [0.15, 0.2) is 0 Å². The first kappa shape index (κ1) is 18.1. The molecule has 3 rings (SSSR count). The summed E-state index contributed by atoms with van der Waals surface area (Å²) in [6, 6.07) is 1.96. The van der Waals surface area contributed by atoms with Crippen LogP contribution in [-0.4, -0.2) is 66.2 Å². The standard InChI is InChI=1S/C18H29N5O2/c24-17(21-15-5-3-1-2-4-6-15)16-7-8-19-18(22-16)20-9-10-23-11-13-25-14-12-23/h7-8,15H,1-6,9-14H2,(H,21,24)(H,19,20,22). The summed E-state index contributed by atoms with van der Waals surface area (Å²) in [7, 11) is 0. The minimum Gasteiger partial charge on any atom is -0.379 e. The quantitative estimate of drug-likeness (QED) is 0.762. The second kappa shape index (κ2) is 9.68. The summed E-state index contributed by atoms with van der Waals surface area (Å²) in [5.41, 5.74) is 0.438. The maximum absolute atomic E-state index is 12.4. The number of nitrogens with zero attached hydrogens (tertiary/aromatic N) is 3. The van der Waals surface area contributed by atoms with Crippen molar-refractivity contribution in [3.8, 4) is 0 Å². The molecule has 2 heterocycles. The van der Waals surface area contributed by atoms with Gasteiger partial charge in [-0.05, 0) is 18.9 Å². The predicted octanol–water partition coefficient (Wildman–Crippen LogP) is 1.67. The number of carbonyl (C=O) groups is 1. The fourth-order valence-electron chi connectivity index (χ4n) is 3.40. The summed E-state index contributed by atoms with van der Waals surface area (Å²) in [6.45, 7) is 5.21. The fraction of sp³-hybridized carbons (Fsp3) is 0.722. The summed E-state index contributed by atoms with van der Waals surface area (Å²) in [5, 5.41) is 6.35. The molecule has 2 aliphatic rings. The van der Waals surface area contributed by atoms with Crippen molar-refractivity contribution in [2.24, 2.45) is 0 Å². The normalized spacial score (nSPS) is 20.0. The number of morpholine rings is 1. The highest BCUT2D eigenvalue weighted by Crippen LogP contribution is 2.17. The Morgan fingerprint density at radius 1 is 1.20 bits per heavy atom. The van der Waals surface area contributed by atoms with E-state index in [1.165, 1.54) is 25.7 Å². The number of hydrogen-bond acceptors (Lipinski definition) is 6. The van der Waals surface area contributed by atoms with E-state index in [4.69, 9.17) is 4.74 Å². The van der Waals surface area contributed by atoms with Crippen LogP contribution in [0, 0.1) is 0 Å². The van der Waals surface area contributed by atoms with E-state index >= 15 is 0 Å². The Kier molecular flexibility index (Phi) is 6.99. The third-order valence-corrected chi connectivity index (χ3v) is 4.89. The summed E-state index contributed by atoms with van der Waals surface area (Å²) < 4.78 is 5.35. The number of anilines is 1. The van der Waals surface area contributed by atoms with Gasteiger partial charge in [0.25, 0.3) is 5.91 Å². The Bertz CT molecular complexity index is 540. The maximum atomic E-state index is 12.4. The van der Waals surface area contributed by atoms with Crippen LogP contribution in [0.5, 0.6) is 0 Å². The van der Waals surface area contributed by atoms with E-state index in [2.05, 4.69) is 25.5 Å². The first-order valence-electron chi connectivity index (χ1n) is 9.49. The van der Waals surface area contributed by atoms with Gasteiger partial charge in [0.2, 0.25) is 5.95 Å². The molecule has 7 nitrogen and oxygen atoms in total. The summed E-state index contributed by atoms with van der Waals surface area (Å²) in [4.78, 5) is 23.4. The van der Waals surface area contributed by atoms with Crippen LogP contribution in [-0.2, 0) is 4.74 Å². The van der Waals surface area contributed by atoms with Crippen molar-refractivity contribution in [1.82, 2.24) is 20.2 Å². The molecule has 1 aliphatic carbocycles. The average Bonchev–Trinajstić information content (AvgIpc) is 2.91. The zero-order valence-corrected chi connectivity index (χ0v) is 14.9. The van der Waals surface area contributed by atoms with E-state index in [1.807, 2.05) is 0 Å². The number of hydrogen-bond donors (Lipinski definition) is 2. The SMILES string of the molecule is O=C(NC1CCCCCC1)c1ccnc(NCCN2CCOCC2)n1. The molecule has 0 atom stereocenters. The molecule has 1 aromatic rings.